The second-order valence-electron chi connectivity index (χ2n) is 4.95. The lowest BCUT2D eigenvalue weighted by Gasteiger charge is -2.23. The summed E-state index contributed by atoms with van der Waals surface area (Å²) in [5, 5.41) is 12.1. The molecule has 2 aromatic heterocycles. The third kappa shape index (κ3) is 3.28. The molecule has 21 heavy (non-hydrogen) atoms. The van der Waals surface area contributed by atoms with Crippen molar-refractivity contribution in [1.29, 1.82) is 0 Å². The van der Waals surface area contributed by atoms with Gasteiger partial charge in [0.25, 0.3) is 0 Å². The molecule has 2 aromatic rings. The van der Waals surface area contributed by atoms with Crippen LogP contribution in [0.4, 0.5) is 5.69 Å². The van der Waals surface area contributed by atoms with E-state index in [4.69, 9.17) is 10.9 Å². The molecular formula is C15H19N5O. The molecule has 110 valence electrons. The quantitative estimate of drug-likeness (QED) is 0.387. The second kappa shape index (κ2) is 6.21. The smallest absolute Gasteiger partial charge is 0.174 e. The zero-order valence-corrected chi connectivity index (χ0v) is 12.4. The molecule has 0 atom stereocenters. The van der Waals surface area contributed by atoms with Gasteiger partial charge in [-0.3, -0.25) is 9.97 Å². The van der Waals surface area contributed by atoms with Crippen LogP contribution in [0.3, 0.4) is 0 Å². The van der Waals surface area contributed by atoms with Gasteiger partial charge >= 0.3 is 0 Å². The van der Waals surface area contributed by atoms with E-state index in [0.29, 0.717) is 12.1 Å². The Morgan fingerprint density at radius 3 is 2.81 bits per heavy atom. The van der Waals surface area contributed by atoms with Crippen LogP contribution in [0.5, 0.6) is 0 Å². The third-order valence-corrected chi connectivity index (χ3v) is 3.23. The highest BCUT2D eigenvalue weighted by Crippen LogP contribution is 2.24. The van der Waals surface area contributed by atoms with Crippen LogP contribution in [-0.2, 0) is 6.54 Å². The SMILES string of the molecule is Cc1cc(N(C)Cc2cccnc2)c(/C(N)=N/O)c(C)n1. The van der Waals surface area contributed by atoms with Crippen molar-refractivity contribution in [3.05, 3.63) is 53.1 Å². The van der Waals surface area contributed by atoms with Gasteiger partial charge in [-0.1, -0.05) is 11.2 Å². The van der Waals surface area contributed by atoms with Gasteiger partial charge in [-0.15, -0.1) is 0 Å². The van der Waals surface area contributed by atoms with Crippen LogP contribution in [0.2, 0.25) is 0 Å². The Balaban J connectivity index is 2.42. The third-order valence-electron chi connectivity index (χ3n) is 3.23. The molecule has 2 heterocycles. The van der Waals surface area contributed by atoms with E-state index in [9.17, 15) is 0 Å². The number of pyridine rings is 2. The fourth-order valence-electron chi connectivity index (χ4n) is 2.33. The zero-order valence-electron chi connectivity index (χ0n) is 12.4. The molecule has 0 aliphatic heterocycles. The van der Waals surface area contributed by atoms with Gasteiger partial charge in [0, 0.05) is 31.7 Å². The van der Waals surface area contributed by atoms with Crippen molar-refractivity contribution in [3.63, 3.8) is 0 Å². The minimum atomic E-state index is 0.0630. The van der Waals surface area contributed by atoms with Gasteiger partial charge in [-0.2, -0.15) is 0 Å². The van der Waals surface area contributed by atoms with Crippen molar-refractivity contribution in [2.45, 2.75) is 20.4 Å². The first kappa shape index (κ1) is 14.8. The summed E-state index contributed by atoms with van der Waals surface area (Å²) >= 11 is 0. The van der Waals surface area contributed by atoms with E-state index in [0.717, 1.165) is 22.6 Å². The number of nitrogens with two attached hydrogens (primary N) is 1. The Morgan fingerprint density at radius 1 is 1.43 bits per heavy atom. The summed E-state index contributed by atoms with van der Waals surface area (Å²) < 4.78 is 0. The number of amidine groups is 1. The maximum absolute atomic E-state index is 8.98. The van der Waals surface area contributed by atoms with E-state index in [1.54, 1.807) is 6.20 Å². The molecule has 0 aliphatic rings. The Labute approximate surface area is 123 Å². The van der Waals surface area contributed by atoms with Crippen LogP contribution in [0.15, 0.2) is 35.7 Å². The molecular weight excluding hydrogens is 266 g/mol. The lowest BCUT2D eigenvalue weighted by Crippen LogP contribution is -2.24. The molecule has 0 spiro atoms. The summed E-state index contributed by atoms with van der Waals surface area (Å²) in [6.45, 7) is 4.44. The van der Waals surface area contributed by atoms with Crippen molar-refractivity contribution in [3.8, 4) is 0 Å². The minimum Gasteiger partial charge on any atom is -0.409 e. The monoisotopic (exact) mass is 285 g/mol. The molecule has 0 fully saturated rings. The first-order chi connectivity index (χ1) is 10.0. The van der Waals surface area contributed by atoms with E-state index in [1.807, 2.05) is 50.2 Å². The summed E-state index contributed by atoms with van der Waals surface area (Å²) in [5.74, 6) is 0.0630. The summed E-state index contributed by atoms with van der Waals surface area (Å²) in [6, 6.07) is 5.83. The van der Waals surface area contributed by atoms with E-state index in [1.165, 1.54) is 0 Å². The number of hydrogen-bond acceptors (Lipinski definition) is 5. The van der Waals surface area contributed by atoms with Crippen molar-refractivity contribution in [2.24, 2.45) is 10.9 Å². The molecule has 0 aliphatic carbocycles. The molecule has 2 rings (SSSR count). The average Bonchev–Trinajstić information content (AvgIpc) is 2.46. The molecule has 0 saturated carbocycles. The number of hydrogen-bond donors (Lipinski definition) is 2. The van der Waals surface area contributed by atoms with Gasteiger partial charge in [-0.05, 0) is 31.5 Å². The van der Waals surface area contributed by atoms with Gasteiger partial charge in [0.05, 0.1) is 16.9 Å². The van der Waals surface area contributed by atoms with Crippen molar-refractivity contribution in [2.75, 3.05) is 11.9 Å². The number of nitrogens with zero attached hydrogens (tertiary/aromatic N) is 4. The predicted molar refractivity (Wildman–Crippen MR) is 82.6 cm³/mol. The lowest BCUT2D eigenvalue weighted by atomic mass is 10.1. The van der Waals surface area contributed by atoms with Crippen LogP contribution < -0.4 is 10.6 Å². The summed E-state index contributed by atoms with van der Waals surface area (Å²) in [6.07, 6.45) is 3.56. The normalized spacial score (nSPS) is 11.5. The average molecular weight is 285 g/mol. The Kier molecular flexibility index (Phi) is 4.37. The van der Waals surface area contributed by atoms with Crippen LogP contribution in [0.1, 0.15) is 22.5 Å². The highest BCUT2D eigenvalue weighted by Gasteiger charge is 2.16. The number of rotatable bonds is 4. The van der Waals surface area contributed by atoms with Gasteiger partial charge in [0.15, 0.2) is 5.84 Å². The number of anilines is 1. The number of oxime groups is 1. The van der Waals surface area contributed by atoms with Crippen molar-refractivity contribution >= 4 is 11.5 Å². The van der Waals surface area contributed by atoms with Crippen LogP contribution in [-0.4, -0.2) is 28.1 Å². The summed E-state index contributed by atoms with van der Waals surface area (Å²) in [5.41, 5.74) is 10.0. The zero-order chi connectivity index (χ0) is 15.4. The molecule has 3 N–H and O–H groups in total. The molecule has 0 bridgehead atoms. The fourth-order valence-corrected chi connectivity index (χ4v) is 2.33. The Hall–Kier alpha value is -2.63. The van der Waals surface area contributed by atoms with E-state index in [2.05, 4.69) is 15.1 Å². The minimum absolute atomic E-state index is 0.0630. The number of aryl methyl sites for hydroxylation is 2. The van der Waals surface area contributed by atoms with Crippen LogP contribution >= 0.6 is 0 Å². The maximum Gasteiger partial charge on any atom is 0.174 e. The first-order valence-electron chi connectivity index (χ1n) is 6.59. The van der Waals surface area contributed by atoms with Crippen LogP contribution in [0.25, 0.3) is 0 Å². The van der Waals surface area contributed by atoms with Gasteiger partial charge in [-0.25, -0.2) is 0 Å². The van der Waals surface area contributed by atoms with Crippen LogP contribution in [0, 0.1) is 13.8 Å². The molecule has 0 amide bonds. The molecule has 0 radical (unpaired) electrons. The van der Waals surface area contributed by atoms with Gasteiger partial charge in [0.1, 0.15) is 0 Å². The van der Waals surface area contributed by atoms with Gasteiger partial charge in [0.2, 0.25) is 0 Å². The van der Waals surface area contributed by atoms with Crippen molar-refractivity contribution < 1.29 is 5.21 Å². The molecule has 6 heteroatoms. The topological polar surface area (TPSA) is 87.6 Å². The largest absolute Gasteiger partial charge is 0.409 e. The highest BCUT2D eigenvalue weighted by atomic mass is 16.4. The fraction of sp³-hybridized carbons (Fsp3) is 0.267. The molecule has 0 saturated heterocycles. The highest BCUT2D eigenvalue weighted by molar-refractivity contribution is 6.03. The van der Waals surface area contributed by atoms with Crippen molar-refractivity contribution in [1.82, 2.24) is 9.97 Å². The summed E-state index contributed by atoms with van der Waals surface area (Å²) in [4.78, 5) is 10.5. The van der Waals surface area contributed by atoms with E-state index < -0.39 is 0 Å². The predicted octanol–water partition coefficient (Wildman–Crippen LogP) is 1.82. The number of aromatic nitrogens is 2. The van der Waals surface area contributed by atoms with E-state index >= 15 is 0 Å². The standard InChI is InChI=1S/C15H19N5O/c1-10-7-13(14(11(2)18-10)15(16)19-21)20(3)9-12-5-4-6-17-8-12/h4-8,21H,9H2,1-3H3,(H2,16,19). The van der Waals surface area contributed by atoms with Gasteiger partial charge < -0.3 is 15.8 Å². The summed E-state index contributed by atoms with van der Waals surface area (Å²) in [7, 11) is 1.95. The second-order valence-corrected chi connectivity index (χ2v) is 4.95. The molecule has 6 nitrogen and oxygen atoms in total. The maximum atomic E-state index is 8.98. The molecule has 0 unspecified atom stereocenters. The molecule has 0 aromatic carbocycles. The van der Waals surface area contributed by atoms with E-state index in [-0.39, 0.29) is 5.84 Å². The first-order valence-corrected chi connectivity index (χ1v) is 6.59. The Morgan fingerprint density at radius 2 is 2.19 bits per heavy atom. The Bertz CT molecular complexity index is 655. The lowest BCUT2D eigenvalue weighted by molar-refractivity contribution is 0.318.